The molecule has 1 fully saturated rings. The molecule has 1 atom stereocenters. The molecule has 3 rings (SSSR count). The van der Waals surface area contributed by atoms with E-state index in [4.69, 9.17) is 0 Å². The van der Waals surface area contributed by atoms with Crippen LogP contribution in [-0.4, -0.2) is 39.6 Å². The Kier molecular flexibility index (Phi) is 3.31. The van der Waals surface area contributed by atoms with Crippen LogP contribution < -0.4 is 10.2 Å². The van der Waals surface area contributed by atoms with E-state index in [2.05, 4.69) is 33.3 Å². The summed E-state index contributed by atoms with van der Waals surface area (Å²) in [7, 11) is 0. The predicted octanol–water partition coefficient (Wildman–Crippen LogP) is 1.37. The van der Waals surface area contributed by atoms with Gasteiger partial charge in [-0.25, -0.2) is 4.98 Å². The molecule has 0 saturated carbocycles. The summed E-state index contributed by atoms with van der Waals surface area (Å²) < 4.78 is 1.92. The molecule has 1 saturated heterocycles. The highest BCUT2D eigenvalue weighted by atomic mass is 16.1. The fraction of sp³-hybridized carbons (Fsp3) is 0.533. The van der Waals surface area contributed by atoms with E-state index in [0.717, 1.165) is 47.9 Å². The highest BCUT2D eigenvalue weighted by Gasteiger charge is 2.25. The first-order valence-electron chi connectivity index (χ1n) is 7.31. The number of fused-ring (bicyclic) bond motifs is 1. The zero-order valence-corrected chi connectivity index (χ0v) is 13.0. The maximum absolute atomic E-state index is 11.2. The van der Waals surface area contributed by atoms with Crippen LogP contribution in [0.1, 0.15) is 30.3 Å². The number of hydrogen-bond acceptors (Lipinski definition) is 4. The first-order chi connectivity index (χ1) is 9.95. The Bertz CT molecular complexity index is 706. The van der Waals surface area contributed by atoms with Crippen molar-refractivity contribution in [3.05, 3.63) is 23.0 Å². The summed E-state index contributed by atoms with van der Waals surface area (Å²) in [6.45, 7) is 9.37. The van der Waals surface area contributed by atoms with Crippen LogP contribution in [0, 0.1) is 20.8 Å². The smallest absolute Gasteiger partial charge is 0.217 e. The molecular weight excluding hydrogens is 266 g/mol. The van der Waals surface area contributed by atoms with E-state index in [1.165, 1.54) is 0 Å². The lowest BCUT2D eigenvalue weighted by molar-refractivity contribution is -0.119. The number of carbonyl (C=O) groups excluding carboxylic acids is 1. The number of aromatic nitrogens is 3. The third-order valence-electron chi connectivity index (χ3n) is 4.09. The van der Waals surface area contributed by atoms with Crippen molar-refractivity contribution in [2.45, 2.75) is 40.2 Å². The van der Waals surface area contributed by atoms with Gasteiger partial charge in [-0.3, -0.25) is 4.79 Å². The molecule has 6 heteroatoms. The number of carbonyl (C=O) groups is 1. The molecule has 0 bridgehead atoms. The largest absolute Gasteiger partial charge is 0.354 e. The van der Waals surface area contributed by atoms with Crippen molar-refractivity contribution in [3.8, 4) is 0 Å². The fourth-order valence-electron chi connectivity index (χ4n) is 2.93. The second-order valence-corrected chi connectivity index (χ2v) is 5.83. The van der Waals surface area contributed by atoms with Crippen molar-refractivity contribution >= 4 is 17.4 Å². The molecular formula is C15H21N5O. The van der Waals surface area contributed by atoms with Gasteiger partial charge in [0.15, 0.2) is 5.65 Å². The molecule has 112 valence electrons. The monoisotopic (exact) mass is 287 g/mol. The minimum atomic E-state index is 0.0312. The average Bonchev–Trinajstić information content (AvgIpc) is 2.96. The number of aryl methyl sites for hydroxylation is 3. The van der Waals surface area contributed by atoms with Gasteiger partial charge in [-0.2, -0.15) is 9.61 Å². The first kappa shape index (κ1) is 13.9. The molecule has 1 aliphatic rings. The highest BCUT2D eigenvalue weighted by Crippen LogP contribution is 2.24. The van der Waals surface area contributed by atoms with Crippen molar-refractivity contribution in [1.82, 2.24) is 19.9 Å². The fourth-order valence-corrected chi connectivity index (χ4v) is 2.93. The molecule has 0 unspecified atom stereocenters. The van der Waals surface area contributed by atoms with Crippen molar-refractivity contribution in [3.63, 3.8) is 0 Å². The Hall–Kier alpha value is -2.11. The highest BCUT2D eigenvalue weighted by molar-refractivity contribution is 5.73. The van der Waals surface area contributed by atoms with Crippen LogP contribution in [-0.2, 0) is 4.79 Å². The minimum absolute atomic E-state index is 0.0312. The Morgan fingerprint density at radius 3 is 2.86 bits per heavy atom. The van der Waals surface area contributed by atoms with Gasteiger partial charge in [0.05, 0.1) is 5.69 Å². The van der Waals surface area contributed by atoms with Crippen molar-refractivity contribution in [2.24, 2.45) is 0 Å². The van der Waals surface area contributed by atoms with Gasteiger partial charge in [0, 0.05) is 43.4 Å². The summed E-state index contributed by atoms with van der Waals surface area (Å²) in [6, 6.07) is 2.28. The zero-order chi connectivity index (χ0) is 15.1. The van der Waals surface area contributed by atoms with Crippen LogP contribution in [0.3, 0.4) is 0 Å². The third kappa shape index (κ3) is 2.46. The molecule has 21 heavy (non-hydrogen) atoms. The van der Waals surface area contributed by atoms with Crippen molar-refractivity contribution in [1.29, 1.82) is 0 Å². The Morgan fingerprint density at radius 2 is 2.14 bits per heavy atom. The van der Waals surface area contributed by atoms with E-state index in [1.807, 2.05) is 18.4 Å². The van der Waals surface area contributed by atoms with E-state index in [1.54, 1.807) is 6.92 Å². The Labute approximate surface area is 124 Å². The van der Waals surface area contributed by atoms with Gasteiger partial charge >= 0.3 is 0 Å². The van der Waals surface area contributed by atoms with Crippen LogP contribution in [0.4, 0.5) is 5.82 Å². The number of amides is 1. The second kappa shape index (κ2) is 5.02. The standard InChI is InChI=1S/C15H21N5O/c1-9-7-14(19-6-5-13(8-19)17-12(4)21)20-15(16-9)10(2)11(3)18-20/h7,13H,5-6,8H2,1-4H3,(H,17,21)/t13-/m1/s1. The minimum Gasteiger partial charge on any atom is -0.354 e. The van der Waals surface area contributed by atoms with Gasteiger partial charge < -0.3 is 10.2 Å². The molecule has 0 aromatic carbocycles. The van der Waals surface area contributed by atoms with Gasteiger partial charge in [0.2, 0.25) is 5.91 Å². The normalized spacial score (nSPS) is 18.5. The maximum atomic E-state index is 11.2. The molecule has 0 radical (unpaired) electrons. The summed E-state index contributed by atoms with van der Waals surface area (Å²) in [5.74, 6) is 1.09. The molecule has 0 spiro atoms. The lowest BCUT2D eigenvalue weighted by atomic mass is 10.2. The van der Waals surface area contributed by atoms with Crippen LogP contribution in [0.2, 0.25) is 0 Å². The van der Waals surface area contributed by atoms with Gasteiger partial charge in [-0.05, 0) is 27.2 Å². The number of nitrogens with zero attached hydrogens (tertiary/aromatic N) is 4. The van der Waals surface area contributed by atoms with E-state index < -0.39 is 0 Å². The molecule has 1 aliphatic heterocycles. The number of rotatable bonds is 2. The quantitative estimate of drug-likeness (QED) is 0.906. The Morgan fingerprint density at radius 1 is 1.38 bits per heavy atom. The van der Waals surface area contributed by atoms with E-state index in [-0.39, 0.29) is 11.9 Å². The van der Waals surface area contributed by atoms with Crippen molar-refractivity contribution < 1.29 is 4.79 Å². The average molecular weight is 287 g/mol. The van der Waals surface area contributed by atoms with E-state index >= 15 is 0 Å². The lowest BCUT2D eigenvalue weighted by Gasteiger charge is -2.20. The number of anilines is 1. The SMILES string of the molecule is CC(=O)N[C@@H]1CCN(c2cc(C)nc3c(C)c(C)nn23)C1. The summed E-state index contributed by atoms with van der Waals surface area (Å²) in [4.78, 5) is 18.1. The molecule has 2 aromatic rings. The molecule has 3 heterocycles. The lowest BCUT2D eigenvalue weighted by Crippen LogP contribution is -2.36. The first-order valence-corrected chi connectivity index (χ1v) is 7.31. The molecule has 1 N–H and O–H groups in total. The van der Waals surface area contributed by atoms with Gasteiger partial charge in [-0.15, -0.1) is 0 Å². The molecule has 6 nitrogen and oxygen atoms in total. The number of nitrogens with one attached hydrogen (secondary N) is 1. The maximum Gasteiger partial charge on any atom is 0.217 e. The number of hydrogen-bond donors (Lipinski definition) is 1. The second-order valence-electron chi connectivity index (χ2n) is 5.83. The third-order valence-corrected chi connectivity index (χ3v) is 4.09. The van der Waals surface area contributed by atoms with Crippen molar-refractivity contribution in [2.75, 3.05) is 18.0 Å². The van der Waals surface area contributed by atoms with Gasteiger partial charge in [0.1, 0.15) is 5.82 Å². The molecule has 2 aromatic heterocycles. The van der Waals surface area contributed by atoms with Crippen LogP contribution >= 0.6 is 0 Å². The summed E-state index contributed by atoms with van der Waals surface area (Å²) in [5.41, 5.74) is 4.04. The summed E-state index contributed by atoms with van der Waals surface area (Å²) >= 11 is 0. The van der Waals surface area contributed by atoms with E-state index in [0.29, 0.717) is 0 Å². The zero-order valence-electron chi connectivity index (χ0n) is 13.0. The van der Waals surface area contributed by atoms with Crippen LogP contribution in [0.25, 0.3) is 5.65 Å². The summed E-state index contributed by atoms with van der Waals surface area (Å²) in [6.07, 6.45) is 0.960. The van der Waals surface area contributed by atoms with Gasteiger partial charge in [0.25, 0.3) is 0 Å². The Balaban J connectivity index is 1.97. The predicted molar refractivity (Wildman–Crippen MR) is 81.6 cm³/mol. The molecule has 1 amide bonds. The molecule has 0 aliphatic carbocycles. The van der Waals surface area contributed by atoms with E-state index in [9.17, 15) is 4.79 Å². The topological polar surface area (TPSA) is 62.5 Å². The van der Waals surface area contributed by atoms with Crippen LogP contribution in [0.15, 0.2) is 6.07 Å². The summed E-state index contributed by atoms with van der Waals surface area (Å²) in [5, 5.41) is 7.60. The van der Waals surface area contributed by atoms with Crippen LogP contribution in [0.5, 0.6) is 0 Å². The van der Waals surface area contributed by atoms with Gasteiger partial charge in [-0.1, -0.05) is 0 Å².